The van der Waals surface area contributed by atoms with E-state index in [1.165, 1.54) is 12.1 Å². The summed E-state index contributed by atoms with van der Waals surface area (Å²) in [4.78, 5) is 0. The molecule has 0 saturated carbocycles. The van der Waals surface area contributed by atoms with Crippen LogP contribution in [0.5, 0.6) is 5.75 Å². The molecule has 1 atom stereocenters. The predicted molar refractivity (Wildman–Crippen MR) is 105 cm³/mol. The second-order valence-corrected chi connectivity index (χ2v) is 6.92. The van der Waals surface area contributed by atoms with Crippen molar-refractivity contribution in [1.82, 2.24) is 0 Å². The van der Waals surface area contributed by atoms with Crippen LogP contribution in [0.4, 0.5) is 13.2 Å². The highest BCUT2D eigenvalue weighted by Gasteiger charge is 2.51. The normalized spacial score (nSPS) is 14.0. The van der Waals surface area contributed by atoms with Crippen molar-refractivity contribution in [2.45, 2.75) is 51.2 Å². The molecule has 0 aliphatic rings. The highest BCUT2D eigenvalue weighted by atomic mass is 19.4. The second-order valence-electron chi connectivity index (χ2n) is 6.92. The van der Waals surface area contributed by atoms with E-state index >= 15 is 0 Å². The maximum absolute atomic E-state index is 13.2. The third-order valence-electron chi connectivity index (χ3n) is 4.67. The molecule has 0 spiro atoms. The molecule has 1 N–H and O–H groups in total. The Balaban J connectivity index is 2.34. The fraction of sp³-hybridized carbons (Fsp3) is 0.429. The number of hydrogen-bond donors (Lipinski definition) is 1. The molecular weight excluding hydrogens is 352 g/mol. The van der Waals surface area contributed by atoms with Crippen LogP contribution in [0, 0.1) is 0 Å². The number of ether oxygens (including phenoxy) is 1. The van der Waals surface area contributed by atoms with Gasteiger partial charge in [-0.1, -0.05) is 50.0 Å². The molecule has 2 rings (SSSR count). The van der Waals surface area contributed by atoms with Crippen molar-refractivity contribution in [3.63, 3.8) is 0 Å². The molecule has 27 heavy (non-hydrogen) atoms. The fourth-order valence-electron chi connectivity index (χ4n) is 2.88. The van der Waals surface area contributed by atoms with Crippen molar-refractivity contribution >= 4 is 7.85 Å². The van der Waals surface area contributed by atoms with Gasteiger partial charge in [-0.3, -0.25) is 0 Å². The summed E-state index contributed by atoms with van der Waals surface area (Å²) >= 11 is 0. The van der Waals surface area contributed by atoms with Crippen molar-refractivity contribution < 1.29 is 23.0 Å². The van der Waals surface area contributed by atoms with Gasteiger partial charge >= 0.3 is 6.18 Å². The summed E-state index contributed by atoms with van der Waals surface area (Å²) in [5.41, 5.74) is -0.426. The van der Waals surface area contributed by atoms with Crippen LogP contribution in [0.25, 0.3) is 11.1 Å². The molecule has 2 aromatic rings. The van der Waals surface area contributed by atoms with Crippen LogP contribution in [0.15, 0.2) is 42.5 Å². The molecule has 2 aromatic carbocycles. The minimum Gasteiger partial charge on any atom is -0.494 e. The third-order valence-corrected chi connectivity index (χ3v) is 4.67. The van der Waals surface area contributed by atoms with Crippen LogP contribution in [0.3, 0.4) is 0 Å². The van der Waals surface area contributed by atoms with Gasteiger partial charge in [0.1, 0.15) is 13.6 Å². The Morgan fingerprint density at radius 3 is 2.30 bits per heavy atom. The molecule has 1 unspecified atom stereocenters. The Bertz CT molecular complexity index is 740. The topological polar surface area (TPSA) is 29.5 Å². The van der Waals surface area contributed by atoms with Crippen molar-refractivity contribution in [2.75, 3.05) is 6.61 Å². The smallest absolute Gasteiger partial charge is 0.421 e. The maximum atomic E-state index is 13.2. The zero-order chi connectivity index (χ0) is 20.1. The highest BCUT2D eigenvalue weighted by molar-refractivity contribution is 6.08. The van der Waals surface area contributed by atoms with Gasteiger partial charge in [0.2, 0.25) is 0 Å². The van der Waals surface area contributed by atoms with Gasteiger partial charge in [0, 0.05) is 0 Å². The lowest BCUT2D eigenvalue weighted by Gasteiger charge is -2.27. The average molecular weight is 378 g/mol. The summed E-state index contributed by atoms with van der Waals surface area (Å²) in [6, 6.07) is 12.1. The highest BCUT2D eigenvalue weighted by Crippen LogP contribution is 2.40. The number of rotatable bonds is 8. The average Bonchev–Trinajstić information content (AvgIpc) is 2.62. The lowest BCUT2D eigenvalue weighted by Crippen LogP contribution is -2.39. The number of alkyl halides is 3. The summed E-state index contributed by atoms with van der Waals surface area (Å²) in [5, 5.41) is 9.97. The second kappa shape index (κ2) is 8.83. The fourth-order valence-corrected chi connectivity index (χ4v) is 2.88. The maximum Gasteiger partial charge on any atom is 0.421 e. The third kappa shape index (κ3) is 5.07. The minimum absolute atomic E-state index is 0.137. The molecule has 0 aromatic heterocycles. The Morgan fingerprint density at radius 2 is 1.74 bits per heavy atom. The van der Waals surface area contributed by atoms with Gasteiger partial charge in [0.25, 0.3) is 0 Å². The molecule has 0 aliphatic carbocycles. The number of aryl methyl sites for hydroxylation is 1. The number of hydrogen-bond acceptors (Lipinski definition) is 2. The van der Waals surface area contributed by atoms with Gasteiger partial charge < -0.3 is 9.84 Å². The van der Waals surface area contributed by atoms with Crippen molar-refractivity contribution in [3.8, 4) is 16.9 Å². The molecule has 146 valence electrons. The van der Waals surface area contributed by atoms with Gasteiger partial charge in [-0.2, -0.15) is 13.2 Å². The molecule has 0 aliphatic heterocycles. The molecular formula is C21H26BF3O2. The van der Waals surface area contributed by atoms with Gasteiger partial charge in [-0.15, -0.1) is 0 Å². The van der Waals surface area contributed by atoms with Crippen LogP contribution < -0.4 is 4.74 Å². The van der Waals surface area contributed by atoms with Crippen molar-refractivity contribution in [2.24, 2.45) is 0 Å². The van der Waals surface area contributed by atoms with E-state index in [1.54, 1.807) is 6.07 Å². The Kier molecular flexibility index (Phi) is 6.98. The standard InChI is InChI=1S/C21H26BF3O2/c1-3-5-16-14-17(20(2,26)21(23,24)25)8-11-19(16)15-6-9-18(10-7-15)27-13-4-12-22/h6-11,14,26H,3-5,12-13,22H2,1-2H3. The number of halogens is 3. The van der Waals surface area contributed by atoms with E-state index in [1.807, 2.05) is 31.2 Å². The van der Waals surface area contributed by atoms with Crippen LogP contribution in [-0.4, -0.2) is 25.7 Å². The van der Waals surface area contributed by atoms with E-state index < -0.39 is 11.8 Å². The van der Waals surface area contributed by atoms with Crippen LogP contribution >= 0.6 is 0 Å². The first-order valence-corrected chi connectivity index (χ1v) is 9.36. The first-order valence-electron chi connectivity index (χ1n) is 9.36. The number of aliphatic hydroxyl groups is 1. The first-order chi connectivity index (χ1) is 12.7. The molecule has 6 heteroatoms. The Hall–Kier alpha value is -1.95. The summed E-state index contributed by atoms with van der Waals surface area (Å²) < 4.78 is 45.2. The molecule has 0 bridgehead atoms. The Labute approximate surface area is 159 Å². The summed E-state index contributed by atoms with van der Waals surface area (Å²) in [5.74, 6) is 0.779. The molecule has 0 heterocycles. The van der Waals surface area contributed by atoms with E-state index in [-0.39, 0.29) is 5.56 Å². The molecule has 0 fully saturated rings. The lowest BCUT2D eigenvalue weighted by atomic mass is 9.88. The van der Waals surface area contributed by atoms with Crippen LogP contribution in [0.1, 0.15) is 37.8 Å². The zero-order valence-electron chi connectivity index (χ0n) is 16.1. The quantitative estimate of drug-likeness (QED) is 0.523. The van der Waals surface area contributed by atoms with Gasteiger partial charge in [-0.25, -0.2) is 0 Å². The predicted octanol–water partition coefficient (Wildman–Crippen LogP) is 4.90. The lowest BCUT2D eigenvalue weighted by molar-refractivity contribution is -0.258. The van der Waals surface area contributed by atoms with E-state index in [4.69, 9.17) is 4.74 Å². The van der Waals surface area contributed by atoms with Gasteiger partial charge in [-0.05, 0) is 54.2 Å². The molecule has 0 amide bonds. The molecule has 0 radical (unpaired) electrons. The van der Waals surface area contributed by atoms with Crippen LogP contribution in [0.2, 0.25) is 6.32 Å². The van der Waals surface area contributed by atoms with Crippen LogP contribution in [-0.2, 0) is 12.0 Å². The summed E-state index contributed by atoms with van der Waals surface area (Å²) in [6.07, 6.45) is -1.25. The number of benzene rings is 2. The Morgan fingerprint density at radius 1 is 1.07 bits per heavy atom. The van der Waals surface area contributed by atoms with Gasteiger partial charge in [0.05, 0.1) is 6.61 Å². The molecule has 2 nitrogen and oxygen atoms in total. The van der Waals surface area contributed by atoms with Crippen molar-refractivity contribution in [1.29, 1.82) is 0 Å². The summed E-state index contributed by atoms with van der Waals surface area (Å²) in [6.45, 7) is 3.43. The molecule has 0 saturated heterocycles. The minimum atomic E-state index is -4.73. The SMILES string of the molecule is BCCCOc1ccc(-c2ccc(C(C)(O)C(F)(F)F)cc2CCC)cc1. The van der Waals surface area contributed by atoms with E-state index in [0.717, 1.165) is 48.5 Å². The monoisotopic (exact) mass is 378 g/mol. The zero-order valence-corrected chi connectivity index (χ0v) is 16.1. The van der Waals surface area contributed by atoms with E-state index in [0.29, 0.717) is 13.0 Å². The van der Waals surface area contributed by atoms with E-state index in [9.17, 15) is 18.3 Å². The van der Waals surface area contributed by atoms with E-state index in [2.05, 4.69) is 7.85 Å². The first kappa shape index (κ1) is 21.4. The van der Waals surface area contributed by atoms with Crippen molar-refractivity contribution in [3.05, 3.63) is 53.6 Å². The van der Waals surface area contributed by atoms with Gasteiger partial charge in [0.15, 0.2) is 5.60 Å². The summed E-state index contributed by atoms with van der Waals surface area (Å²) in [7, 11) is 2.10. The largest absolute Gasteiger partial charge is 0.494 e.